The number of carbonyl (C=O) groups excluding carboxylic acids is 1. The average molecular weight is 323 g/mol. The molecular weight excluding hydrogens is 294 g/mol. The van der Waals surface area contributed by atoms with Crippen LogP contribution in [0.2, 0.25) is 0 Å². The molecule has 1 aliphatic heterocycles. The van der Waals surface area contributed by atoms with Crippen LogP contribution in [0.15, 0.2) is 6.07 Å². The van der Waals surface area contributed by atoms with Crippen molar-refractivity contribution >= 4 is 5.91 Å². The van der Waals surface area contributed by atoms with E-state index in [0.29, 0.717) is 38.0 Å². The van der Waals surface area contributed by atoms with Gasteiger partial charge in [-0.1, -0.05) is 0 Å². The van der Waals surface area contributed by atoms with Crippen molar-refractivity contribution in [1.82, 2.24) is 24.9 Å². The van der Waals surface area contributed by atoms with E-state index in [4.69, 9.17) is 4.74 Å². The lowest BCUT2D eigenvalue weighted by Crippen LogP contribution is -2.54. The Hall–Kier alpha value is -1.44. The van der Waals surface area contributed by atoms with Crippen molar-refractivity contribution in [3.8, 4) is 0 Å². The van der Waals surface area contributed by atoms with E-state index < -0.39 is 0 Å². The normalized spacial score (nSPS) is 19.9. The van der Waals surface area contributed by atoms with Gasteiger partial charge in [0.2, 0.25) is 0 Å². The molecule has 1 saturated heterocycles. The summed E-state index contributed by atoms with van der Waals surface area (Å²) in [6.07, 6.45) is 0. The summed E-state index contributed by atoms with van der Waals surface area (Å²) in [6, 6.07) is 2.18. The van der Waals surface area contributed by atoms with E-state index in [1.807, 2.05) is 19.9 Å². The number of carbonyl (C=O) groups is 1. The van der Waals surface area contributed by atoms with Crippen molar-refractivity contribution < 1.29 is 9.53 Å². The standard InChI is InChI=1S/C16H29N5O2/c1-5-23-9-8-21-15(10-13(2)18-21)16(22)17-11-14-12-19(3)6-7-20(14)4/h10,14H,5-9,11-12H2,1-4H3,(H,17,22)/t14-/m0/s1. The predicted molar refractivity (Wildman–Crippen MR) is 89.7 cm³/mol. The molecule has 2 heterocycles. The molecule has 1 aromatic heterocycles. The molecule has 7 heteroatoms. The molecule has 0 unspecified atom stereocenters. The lowest BCUT2D eigenvalue weighted by molar-refractivity contribution is 0.0866. The van der Waals surface area contributed by atoms with Crippen molar-refractivity contribution in [3.05, 3.63) is 17.5 Å². The minimum Gasteiger partial charge on any atom is -0.380 e. The molecule has 1 aromatic rings. The van der Waals surface area contributed by atoms with E-state index in [9.17, 15) is 4.79 Å². The highest BCUT2D eigenvalue weighted by Gasteiger charge is 2.23. The highest BCUT2D eigenvalue weighted by molar-refractivity contribution is 5.92. The molecule has 0 aliphatic carbocycles. The molecular formula is C16H29N5O2. The van der Waals surface area contributed by atoms with E-state index in [1.165, 1.54) is 0 Å². The molecule has 0 spiro atoms. The van der Waals surface area contributed by atoms with Crippen molar-refractivity contribution in [2.75, 3.05) is 53.5 Å². The lowest BCUT2D eigenvalue weighted by atomic mass is 10.2. The van der Waals surface area contributed by atoms with Crippen LogP contribution in [-0.2, 0) is 11.3 Å². The number of aromatic nitrogens is 2. The third kappa shape index (κ3) is 5.02. The monoisotopic (exact) mass is 323 g/mol. The maximum absolute atomic E-state index is 12.5. The Morgan fingerprint density at radius 3 is 2.96 bits per heavy atom. The first-order valence-corrected chi connectivity index (χ1v) is 8.30. The highest BCUT2D eigenvalue weighted by Crippen LogP contribution is 2.07. The minimum atomic E-state index is -0.0660. The second kappa shape index (κ2) is 8.42. The molecule has 23 heavy (non-hydrogen) atoms. The first-order valence-electron chi connectivity index (χ1n) is 8.30. The minimum absolute atomic E-state index is 0.0660. The van der Waals surface area contributed by atoms with Gasteiger partial charge in [0, 0.05) is 38.8 Å². The molecule has 0 bridgehead atoms. The van der Waals surface area contributed by atoms with Crippen LogP contribution in [0.3, 0.4) is 0 Å². The summed E-state index contributed by atoms with van der Waals surface area (Å²) < 4.78 is 7.09. The van der Waals surface area contributed by atoms with Gasteiger partial charge in [-0.15, -0.1) is 0 Å². The molecule has 1 aliphatic rings. The molecule has 0 radical (unpaired) electrons. The van der Waals surface area contributed by atoms with Gasteiger partial charge in [0.05, 0.1) is 18.8 Å². The fourth-order valence-electron chi connectivity index (χ4n) is 2.82. The number of ether oxygens (including phenoxy) is 1. The number of aryl methyl sites for hydroxylation is 1. The Labute approximate surface area is 138 Å². The second-order valence-electron chi connectivity index (χ2n) is 6.20. The zero-order valence-corrected chi connectivity index (χ0v) is 14.7. The quantitative estimate of drug-likeness (QED) is 0.727. The summed E-state index contributed by atoms with van der Waals surface area (Å²) in [4.78, 5) is 17.1. The second-order valence-corrected chi connectivity index (χ2v) is 6.20. The topological polar surface area (TPSA) is 62.6 Å². The Morgan fingerprint density at radius 2 is 2.22 bits per heavy atom. The van der Waals surface area contributed by atoms with Crippen molar-refractivity contribution in [1.29, 1.82) is 0 Å². The van der Waals surface area contributed by atoms with Crippen LogP contribution in [0.4, 0.5) is 0 Å². The van der Waals surface area contributed by atoms with E-state index in [1.54, 1.807) is 4.68 Å². The van der Waals surface area contributed by atoms with Gasteiger partial charge in [0.1, 0.15) is 5.69 Å². The molecule has 1 amide bonds. The number of hydrogen-bond donors (Lipinski definition) is 1. The summed E-state index contributed by atoms with van der Waals surface area (Å²) in [5.41, 5.74) is 1.45. The molecule has 1 N–H and O–H groups in total. The molecule has 2 rings (SSSR count). The summed E-state index contributed by atoms with van der Waals surface area (Å²) in [6.45, 7) is 9.41. The van der Waals surface area contributed by atoms with Crippen LogP contribution >= 0.6 is 0 Å². The van der Waals surface area contributed by atoms with Gasteiger partial charge in [-0.05, 0) is 34.0 Å². The van der Waals surface area contributed by atoms with E-state index in [2.05, 4.69) is 34.3 Å². The number of piperazine rings is 1. The molecule has 1 fully saturated rings. The lowest BCUT2D eigenvalue weighted by Gasteiger charge is -2.37. The smallest absolute Gasteiger partial charge is 0.269 e. The number of nitrogens with one attached hydrogen (secondary N) is 1. The van der Waals surface area contributed by atoms with Gasteiger partial charge in [-0.2, -0.15) is 5.10 Å². The summed E-state index contributed by atoms with van der Waals surface area (Å²) >= 11 is 0. The van der Waals surface area contributed by atoms with Crippen molar-refractivity contribution in [3.63, 3.8) is 0 Å². The van der Waals surface area contributed by atoms with Crippen LogP contribution in [0, 0.1) is 6.92 Å². The van der Waals surface area contributed by atoms with Crippen LogP contribution < -0.4 is 5.32 Å². The fraction of sp³-hybridized carbons (Fsp3) is 0.750. The zero-order valence-electron chi connectivity index (χ0n) is 14.7. The molecule has 0 aromatic carbocycles. The van der Waals surface area contributed by atoms with Gasteiger partial charge >= 0.3 is 0 Å². The average Bonchev–Trinajstić information content (AvgIpc) is 2.89. The first kappa shape index (κ1) is 17.9. The maximum Gasteiger partial charge on any atom is 0.269 e. The number of likely N-dealkylation sites (N-methyl/N-ethyl adjacent to an activating group) is 2. The number of rotatable bonds is 7. The Kier molecular flexibility index (Phi) is 6.56. The summed E-state index contributed by atoms with van der Waals surface area (Å²) in [5, 5.41) is 7.44. The third-order valence-corrected chi connectivity index (χ3v) is 4.26. The molecule has 7 nitrogen and oxygen atoms in total. The number of hydrogen-bond acceptors (Lipinski definition) is 5. The van der Waals surface area contributed by atoms with E-state index in [0.717, 1.165) is 25.3 Å². The fourth-order valence-corrected chi connectivity index (χ4v) is 2.82. The Balaban J connectivity index is 1.92. The number of nitrogens with zero attached hydrogens (tertiary/aromatic N) is 4. The third-order valence-electron chi connectivity index (χ3n) is 4.26. The van der Waals surface area contributed by atoms with Crippen molar-refractivity contribution in [2.45, 2.75) is 26.4 Å². The molecule has 1 atom stereocenters. The molecule has 130 valence electrons. The summed E-state index contributed by atoms with van der Waals surface area (Å²) in [5.74, 6) is -0.0660. The van der Waals surface area contributed by atoms with Gasteiger partial charge in [-0.25, -0.2) is 0 Å². The molecule has 0 saturated carbocycles. The number of amides is 1. The Bertz CT molecular complexity index is 517. The van der Waals surface area contributed by atoms with Gasteiger partial charge in [0.15, 0.2) is 0 Å². The van der Waals surface area contributed by atoms with Gasteiger partial charge < -0.3 is 15.0 Å². The van der Waals surface area contributed by atoms with Crippen LogP contribution in [-0.4, -0.2) is 85.0 Å². The van der Waals surface area contributed by atoms with Gasteiger partial charge in [0.25, 0.3) is 5.91 Å². The maximum atomic E-state index is 12.5. The highest BCUT2D eigenvalue weighted by atomic mass is 16.5. The van der Waals surface area contributed by atoms with Gasteiger partial charge in [-0.3, -0.25) is 14.4 Å². The SMILES string of the molecule is CCOCCn1nc(C)cc1C(=O)NC[C@H]1CN(C)CCN1C. The summed E-state index contributed by atoms with van der Waals surface area (Å²) in [7, 11) is 4.23. The first-order chi connectivity index (χ1) is 11.0. The largest absolute Gasteiger partial charge is 0.380 e. The zero-order chi connectivity index (χ0) is 16.8. The van der Waals surface area contributed by atoms with E-state index in [-0.39, 0.29) is 5.91 Å². The van der Waals surface area contributed by atoms with Crippen molar-refractivity contribution in [2.24, 2.45) is 0 Å². The van der Waals surface area contributed by atoms with Crippen LogP contribution in [0.5, 0.6) is 0 Å². The van der Waals surface area contributed by atoms with E-state index >= 15 is 0 Å². The Morgan fingerprint density at radius 1 is 1.43 bits per heavy atom. The van der Waals surface area contributed by atoms with Crippen LogP contribution in [0.25, 0.3) is 0 Å². The van der Waals surface area contributed by atoms with Crippen LogP contribution in [0.1, 0.15) is 23.1 Å². The predicted octanol–water partition coefficient (Wildman–Crippen LogP) is 0.204.